The first-order chi connectivity index (χ1) is 9.50. The maximum Gasteiger partial charge on any atom is 0.274 e. The summed E-state index contributed by atoms with van der Waals surface area (Å²) < 4.78 is 1.52. The topological polar surface area (TPSA) is 90.1 Å². The largest absolute Gasteiger partial charge is 0.324 e. The number of benzene rings is 1. The van der Waals surface area contributed by atoms with Crippen LogP contribution in [0.15, 0.2) is 36.7 Å². The van der Waals surface area contributed by atoms with E-state index in [1.54, 1.807) is 44.4 Å². The smallest absolute Gasteiger partial charge is 0.274 e. The quantitative estimate of drug-likeness (QED) is 0.684. The molecule has 0 aliphatic carbocycles. The van der Waals surface area contributed by atoms with E-state index in [9.17, 15) is 14.9 Å². The van der Waals surface area contributed by atoms with Crippen molar-refractivity contribution in [3.05, 3.63) is 52.3 Å². The van der Waals surface area contributed by atoms with Crippen LogP contribution in [0.4, 0.5) is 11.4 Å². The Balaban J connectivity index is 2.20. The number of hydrogen-bond donors (Lipinski definition) is 1. The van der Waals surface area contributed by atoms with E-state index >= 15 is 0 Å². The third-order valence-electron chi connectivity index (χ3n) is 3.06. The first kappa shape index (κ1) is 13.7. The van der Waals surface area contributed by atoms with Gasteiger partial charge >= 0.3 is 0 Å². The van der Waals surface area contributed by atoms with E-state index in [4.69, 9.17) is 0 Å². The predicted octanol–water partition coefficient (Wildman–Crippen LogP) is 2.30. The molecule has 0 aliphatic heterocycles. The van der Waals surface area contributed by atoms with Crippen molar-refractivity contribution in [1.29, 1.82) is 0 Å². The van der Waals surface area contributed by atoms with Gasteiger partial charge in [-0.25, -0.2) is 0 Å². The van der Waals surface area contributed by atoms with Crippen LogP contribution in [0.3, 0.4) is 0 Å². The molecule has 2 aromatic rings. The second-order valence-electron chi connectivity index (χ2n) is 4.36. The summed E-state index contributed by atoms with van der Waals surface area (Å²) in [4.78, 5) is 22.5. The molecule has 1 heterocycles. The van der Waals surface area contributed by atoms with Crippen LogP contribution in [0.2, 0.25) is 0 Å². The number of nitro benzene ring substituents is 1. The van der Waals surface area contributed by atoms with E-state index in [1.165, 1.54) is 10.7 Å². The minimum absolute atomic E-state index is 0.0189. The van der Waals surface area contributed by atoms with Crippen molar-refractivity contribution in [2.24, 2.45) is 0 Å². The SMILES string of the molecule is Cc1c(NC(=O)C(C)n2cccn2)cccc1[N+](=O)[O-]. The lowest BCUT2D eigenvalue weighted by atomic mass is 10.1. The normalized spacial score (nSPS) is 11.9. The average molecular weight is 274 g/mol. The van der Waals surface area contributed by atoms with Crippen molar-refractivity contribution in [2.45, 2.75) is 19.9 Å². The van der Waals surface area contributed by atoms with Crippen LogP contribution in [0.25, 0.3) is 0 Å². The maximum atomic E-state index is 12.1. The van der Waals surface area contributed by atoms with Gasteiger partial charge in [-0.1, -0.05) is 6.07 Å². The molecule has 1 aromatic carbocycles. The number of nitrogens with zero attached hydrogens (tertiary/aromatic N) is 3. The van der Waals surface area contributed by atoms with Gasteiger partial charge in [0, 0.05) is 18.5 Å². The summed E-state index contributed by atoms with van der Waals surface area (Å²) in [6.45, 7) is 3.31. The Morgan fingerprint density at radius 1 is 1.45 bits per heavy atom. The van der Waals surface area contributed by atoms with E-state index < -0.39 is 11.0 Å². The zero-order chi connectivity index (χ0) is 14.7. The monoisotopic (exact) mass is 274 g/mol. The predicted molar refractivity (Wildman–Crippen MR) is 73.4 cm³/mol. The number of carbonyl (C=O) groups excluding carboxylic acids is 1. The Kier molecular flexibility index (Phi) is 3.79. The third kappa shape index (κ3) is 2.66. The molecule has 104 valence electrons. The molecule has 0 saturated heterocycles. The molecule has 1 amide bonds. The first-order valence-electron chi connectivity index (χ1n) is 6.04. The van der Waals surface area contributed by atoms with Gasteiger partial charge in [0.2, 0.25) is 5.91 Å². The summed E-state index contributed by atoms with van der Waals surface area (Å²) in [5.41, 5.74) is 0.844. The Morgan fingerprint density at radius 2 is 2.20 bits per heavy atom. The lowest BCUT2D eigenvalue weighted by Gasteiger charge is -2.14. The van der Waals surface area contributed by atoms with Crippen LogP contribution < -0.4 is 5.32 Å². The molecule has 1 atom stereocenters. The minimum atomic E-state index is -0.497. The summed E-state index contributed by atoms with van der Waals surface area (Å²) in [5.74, 6) is -0.280. The fourth-order valence-electron chi connectivity index (χ4n) is 1.82. The highest BCUT2D eigenvalue weighted by atomic mass is 16.6. The van der Waals surface area contributed by atoms with Crippen molar-refractivity contribution in [3.8, 4) is 0 Å². The lowest BCUT2D eigenvalue weighted by molar-refractivity contribution is -0.385. The van der Waals surface area contributed by atoms with Crippen LogP contribution >= 0.6 is 0 Å². The molecule has 1 N–H and O–H groups in total. The Morgan fingerprint density at radius 3 is 2.80 bits per heavy atom. The van der Waals surface area contributed by atoms with Crippen molar-refractivity contribution >= 4 is 17.3 Å². The van der Waals surface area contributed by atoms with Gasteiger partial charge in [0.1, 0.15) is 6.04 Å². The minimum Gasteiger partial charge on any atom is -0.324 e. The maximum absolute atomic E-state index is 12.1. The van der Waals surface area contributed by atoms with Gasteiger partial charge < -0.3 is 5.32 Å². The number of anilines is 1. The third-order valence-corrected chi connectivity index (χ3v) is 3.06. The molecule has 1 aromatic heterocycles. The molecule has 0 radical (unpaired) electrons. The highest BCUT2D eigenvalue weighted by molar-refractivity contribution is 5.94. The molecular weight excluding hydrogens is 260 g/mol. The number of hydrogen-bond acceptors (Lipinski definition) is 4. The standard InChI is InChI=1S/C13H14N4O3/c1-9-11(5-3-6-12(9)17(19)20)15-13(18)10(2)16-8-4-7-14-16/h3-8,10H,1-2H3,(H,15,18). The lowest BCUT2D eigenvalue weighted by Crippen LogP contribution is -2.24. The molecule has 0 spiro atoms. The number of carbonyl (C=O) groups is 1. The van der Waals surface area contributed by atoms with Crippen LogP contribution in [-0.4, -0.2) is 20.6 Å². The summed E-state index contributed by atoms with van der Waals surface area (Å²) in [7, 11) is 0. The average Bonchev–Trinajstić information content (AvgIpc) is 2.93. The Hall–Kier alpha value is -2.70. The van der Waals surface area contributed by atoms with Gasteiger partial charge in [-0.3, -0.25) is 19.6 Å². The molecule has 20 heavy (non-hydrogen) atoms. The second-order valence-corrected chi connectivity index (χ2v) is 4.36. The van der Waals surface area contributed by atoms with Crippen LogP contribution in [-0.2, 0) is 4.79 Å². The molecular formula is C13H14N4O3. The van der Waals surface area contributed by atoms with E-state index in [-0.39, 0.29) is 11.6 Å². The van der Waals surface area contributed by atoms with Crippen molar-refractivity contribution < 1.29 is 9.72 Å². The molecule has 2 rings (SSSR count). The zero-order valence-corrected chi connectivity index (χ0v) is 11.1. The molecule has 0 bridgehead atoms. The van der Waals surface area contributed by atoms with E-state index in [0.717, 1.165) is 0 Å². The highest BCUT2D eigenvalue weighted by Gasteiger charge is 2.19. The first-order valence-corrected chi connectivity index (χ1v) is 6.04. The van der Waals surface area contributed by atoms with Gasteiger partial charge in [0.05, 0.1) is 16.2 Å². The summed E-state index contributed by atoms with van der Waals surface area (Å²) in [5, 5.41) is 17.5. The Bertz CT molecular complexity index is 637. The molecule has 7 heteroatoms. The van der Waals surface area contributed by atoms with Crippen LogP contribution in [0.1, 0.15) is 18.5 Å². The van der Waals surface area contributed by atoms with Crippen LogP contribution in [0.5, 0.6) is 0 Å². The zero-order valence-electron chi connectivity index (χ0n) is 11.1. The fraction of sp³-hybridized carbons (Fsp3) is 0.231. The van der Waals surface area contributed by atoms with Crippen molar-refractivity contribution in [2.75, 3.05) is 5.32 Å². The molecule has 0 aliphatic rings. The van der Waals surface area contributed by atoms with Crippen LogP contribution in [0, 0.1) is 17.0 Å². The number of aromatic nitrogens is 2. The number of amides is 1. The molecule has 1 unspecified atom stereocenters. The summed E-state index contributed by atoms with van der Waals surface area (Å²) in [6.07, 6.45) is 3.27. The van der Waals surface area contributed by atoms with Gasteiger partial charge in [-0.2, -0.15) is 5.10 Å². The van der Waals surface area contributed by atoms with E-state index in [1.807, 2.05) is 0 Å². The molecule has 0 saturated carbocycles. The van der Waals surface area contributed by atoms with Crippen molar-refractivity contribution in [3.63, 3.8) is 0 Å². The molecule has 7 nitrogen and oxygen atoms in total. The highest BCUT2D eigenvalue weighted by Crippen LogP contribution is 2.25. The summed E-state index contributed by atoms with van der Waals surface area (Å²) in [6, 6.07) is 5.81. The van der Waals surface area contributed by atoms with Gasteiger partial charge in [-0.05, 0) is 26.0 Å². The van der Waals surface area contributed by atoms with E-state index in [0.29, 0.717) is 11.3 Å². The van der Waals surface area contributed by atoms with Gasteiger partial charge in [0.25, 0.3) is 5.69 Å². The summed E-state index contributed by atoms with van der Waals surface area (Å²) >= 11 is 0. The van der Waals surface area contributed by atoms with Gasteiger partial charge in [-0.15, -0.1) is 0 Å². The number of nitrogens with one attached hydrogen (secondary N) is 1. The Labute approximate surface area is 115 Å². The van der Waals surface area contributed by atoms with Crippen molar-refractivity contribution in [1.82, 2.24) is 9.78 Å². The van der Waals surface area contributed by atoms with E-state index in [2.05, 4.69) is 10.4 Å². The number of nitro groups is 1. The van der Waals surface area contributed by atoms with Gasteiger partial charge in [0.15, 0.2) is 0 Å². The second kappa shape index (κ2) is 5.52. The molecule has 0 fully saturated rings. The number of rotatable bonds is 4. The fourth-order valence-corrected chi connectivity index (χ4v) is 1.82.